The predicted octanol–water partition coefficient (Wildman–Crippen LogP) is 0.541. The first-order valence-corrected chi connectivity index (χ1v) is 7.61. The summed E-state index contributed by atoms with van der Waals surface area (Å²) in [5.74, 6) is 0. The van der Waals surface area contributed by atoms with Gasteiger partial charge in [0.1, 0.15) is 0 Å². The summed E-state index contributed by atoms with van der Waals surface area (Å²) in [6.45, 7) is 4.46. The standard InChI is InChI=1S/C6H14.CH4.2H3O4P.H2O/c1-3-5-6-4-2;;2*1-5(2,3)4;/h3-6H2,1-2H3;1H4;2*(H3,1,2,3,4);1H2. The Balaban J connectivity index is -0.0000000447. The van der Waals surface area contributed by atoms with E-state index in [9.17, 15) is 0 Å². The summed E-state index contributed by atoms with van der Waals surface area (Å²) in [5, 5.41) is 0. The van der Waals surface area contributed by atoms with E-state index in [-0.39, 0.29) is 12.9 Å². The van der Waals surface area contributed by atoms with E-state index in [1.54, 1.807) is 0 Å². The first kappa shape index (κ1) is 30.9. The molecule has 0 heterocycles. The number of unbranched alkanes of at least 4 members (excludes halogenated alkanes) is 3. The molecule has 0 aliphatic heterocycles. The fraction of sp³-hybridized carbons (Fsp3) is 1.00. The van der Waals surface area contributed by atoms with Gasteiger partial charge in [0, 0.05) is 0 Å². The van der Waals surface area contributed by atoms with Crippen molar-refractivity contribution < 1.29 is 44.0 Å². The Labute approximate surface area is 107 Å². The highest BCUT2D eigenvalue weighted by Gasteiger charge is 2.00. The zero-order valence-corrected chi connectivity index (χ0v) is 11.5. The molecule has 0 atom stereocenters. The first-order chi connectivity index (χ1) is 6.91. The fourth-order valence-electron chi connectivity index (χ4n) is 0.500. The molecular formula is C7H26O9P2. The number of phosphoric acid groups is 2. The average Bonchev–Trinajstić information content (AvgIpc) is 1.94. The number of hydrogen-bond acceptors (Lipinski definition) is 2. The largest absolute Gasteiger partial charge is 0.466 e. The normalized spacial score (nSPS) is 9.56. The molecule has 0 saturated carbocycles. The van der Waals surface area contributed by atoms with Crippen LogP contribution >= 0.6 is 15.6 Å². The fourth-order valence-corrected chi connectivity index (χ4v) is 0.500. The molecule has 11 heteroatoms. The molecule has 0 unspecified atom stereocenters. The third-order valence-corrected chi connectivity index (χ3v) is 0.957. The van der Waals surface area contributed by atoms with Crippen LogP contribution in [-0.4, -0.2) is 34.8 Å². The van der Waals surface area contributed by atoms with Crippen molar-refractivity contribution >= 4 is 15.6 Å². The summed E-state index contributed by atoms with van der Waals surface area (Å²) in [4.78, 5) is 43.1. The van der Waals surface area contributed by atoms with Gasteiger partial charge in [-0.15, -0.1) is 0 Å². The minimum absolute atomic E-state index is 0. The predicted molar refractivity (Wildman–Crippen MR) is 68.7 cm³/mol. The molecule has 118 valence electrons. The Kier molecular flexibility index (Phi) is 29.5. The molecule has 8 N–H and O–H groups in total. The van der Waals surface area contributed by atoms with Gasteiger partial charge in [-0.1, -0.05) is 47.0 Å². The summed E-state index contributed by atoms with van der Waals surface area (Å²) < 4.78 is 17.8. The van der Waals surface area contributed by atoms with E-state index in [4.69, 9.17) is 38.5 Å². The third-order valence-electron chi connectivity index (χ3n) is 0.957. The lowest BCUT2D eigenvalue weighted by Gasteiger charge is -1.86. The van der Waals surface area contributed by atoms with Crippen LogP contribution in [0.1, 0.15) is 47.0 Å². The van der Waals surface area contributed by atoms with Crippen LogP contribution in [0, 0.1) is 0 Å². The van der Waals surface area contributed by atoms with E-state index in [0.29, 0.717) is 0 Å². The first-order valence-electron chi connectivity index (χ1n) is 4.48. The van der Waals surface area contributed by atoms with E-state index in [1.807, 2.05) is 0 Å². The lowest BCUT2D eigenvalue weighted by molar-refractivity contribution is 0.272. The topological polar surface area (TPSA) is 187 Å². The Bertz CT molecular complexity index is 180. The molecule has 0 saturated heterocycles. The summed E-state index contributed by atoms with van der Waals surface area (Å²) in [6, 6.07) is 0. The molecule has 0 aliphatic rings. The minimum Gasteiger partial charge on any atom is -0.412 e. The summed E-state index contributed by atoms with van der Waals surface area (Å²) >= 11 is 0. The monoisotopic (exact) mass is 316 g/mol. The summed E-state index contributed by atoms with van der Waals surface area (Å²) in [5.41, 5.74) is 0. The average molecular weight is 316 g/mol. The quantitative estimate of drug-likeness (QED) is 0.321. The molecule has 0 rings (SSSR count). The smallest absolute Gasteiger partial charge is 0.412 e. The molecule has 0 spiro atoms. The molecule has 0 radical (unpaired) electrons. The van der Waals surface area contributed by atoms with Crippen molar-refractivity contribution in [3.63, 3.8) is 0 Å². The van der Waals surface area contributed by atoms with Gasteiger partial charge < -0.3 is 34.8 Å². The maximum absolute atomic E-state index is 8.88. The van der Waals surface area contributed by atoms with Crippen LogP contribution in [0.25, 0.3) is 0 Å². The van der Waals surface area contributed by atoms with Gasteiger partial charge >= 0.3 is 15.6 Å². The molecular weight excluding hydrogens is 290 g/mol. The SMILES string of the molecule is C.CCCCCC.O.O=P(O)(O)O.O=P(O)(O)O. The maximum atomic E-state index is 8.88. The molecule has 0 aliphatic carbocycles. The van der Waals surface area contributed by atoms with Gasteiger partial charge in [0.05, 0.1) is 0 Å². The van der Waals surface area contributed by atoms with Crippen molar-refractivity contribution in [2.45, 2.75) is 47.0 Å². The Morgan fingerprint density at radius 2 is 0.833 bits per heavy atom. The highest BCUT2D eigenvalue weighted by Crippen LogP contribution is 2.26. The second-order valence-corrected chi connectivity index (χ2v) is 4.79. The summed E-state index contributed by atoms with van der Waals surface area (Å²) in [6.07, 6.45) is 5.54. The van der Waals surface area contributed by atoms with E-state index >= 15 is 0 Å². The zero-order valence-electron chi connectivity index (χ0n) is 9.72. The second kappa shape index (κ2) is 17.2. The van der Waals surface area contributed by atoms with Crippen molar-refractivity contribution in [1.82, 2.24) is 0 Å². The zero-order chi connectivity index (χ0) is 13.8. The molecule has 0 fully saturated rings. The van der Waals surface area contributed by atoms with Crippen LogP contribution in [0.4, 0.5) is 0 Å². The van der Waals surface area contributed by atoms with Gasteiger partial charge in [0.25, 0.3) is 0 Å². The second-order valence-electron chi connectivity index (χ2n) is 2.73. The van der Waals surface area contributed by atoms with Crippen molar-refractivity contribution in [3.8, 4) is 0 Å². The van der Waals surface area contributed by atoms with Crippen LogP contribution < -0.4 is 0 Å². The maximum Gasteiger partial charge on any atom is 0.466 e. The van der Waals surface area contributed by atoms with Gasteiger partial charge in [-0.2, -0.15) is 0 Å². The lowest BCUT2D eigenvalue weighted by atomic mass is 10.2. The molecule has 9 nitrogen and oxygen atoms in total. The Morgan fingerprint density at radius 1 is 0.722 bits per heavy atom. The molecule has 0 aromatic rings. The van der Waals surface area contributed by atoms with Gasteiger partial charge in [0.2, 0.25) is 0 Å². The Morgan fingerprint density at radius 3 is 0.889 bits per heavy atom. The van der Waals surface area contributed by atoms with Crippen LogP contribution in [-0.2, 0) is 9.13 Å². The lowest BCUT2D eigenvalue weighted by Crippen LogP contribution is -1.66. The highest BCUT2D eigenvalue weighted by molar-refractivity contribution is 7.45. The molecule has 0 aromatic heterocycles. The van der Waals surface area contributed by atoms with Crippen LogP contribution in [0.3, 0.4) is 0 Å². The summed E-state index contributed by atoms with van der Waals surface area (Å²) in [7, 11) is -9.28. The van der Waals surface area contributed by atoms with Gasteiger partial charge in [-0.3, -0.25) is 0 Å². The molecule has 0 amide bonds. The molecule has 0 bridgehead atoms. The van der Waals surface area contributed by atoms with E-state index in [0.717, 1.165) is 0 Å². The van der Waals surface area contributed by atoms with Gasteiger partial charge in [-0.25, -0.2) is 9.13 Å². The van der Waals surface area contributed by atoms with Crippen molar-refractivity contribution in [1.29, 1.82) is 0 Å². The van der Waals surface area contributed by atoms with Crippen LogP contribution in [0.5, 0.6) is 0 Å². The van der Waals surface area contributed by atoms with Crippen LogP contribution in [0.15, 0.2) is 0 Å². The Hall–Kier alpha value is 0.180. The molecule has 18 heavy (non-hydrogen) atoms. The van der Waals surface area contributed by atoms with E-state index in [1.165, 1.54) is 25.7 Å². The molecule has 0 aromatic carbocycles. The van der Waals surface area contributed by atoms with Crippen molar-refractivity contribution in [3.05, 3.63) is 0 Å². The van der Waals surface area contributed by atoms with Crippen molar-refractivity contribution in [2.75, 3.05) is 0 Å². The van der Waals surface area contributed by atoms with Gasteiger partial charge in [0.15, 0.2) is 0 Å². The van der Waals surface area contributed by atoms with E-state index in [2.05, 4.69) is 13.8 Å². The minimum atomic E-state index is -4.64. The van der Waals surface area contributed by atoms with Gasteiger partial charge in [-0.05, 0) is 0 Å². The highest BCUT2D eigenvalue weighted by atomic mass is 31.2. The number of hydrogen-bond donors (Lipinski definition) is 6. The third kappa shape index (κ3) is 369. The van der Waals surface area contributed by atoms with Crippen molar-refractivity contribution in [2.24, 2.45) is 0 Å². The van der Waals surface area contributed by atoms with Crippen LogP contribution in [0.2, 0.25) is 0 Å². The van der Waals surface area contributed by atoms with E-state index < -0.39 is 15.6 Å². The number of rotatable bonds is 3.